The normalized spacial score (nSPS) is 10.8. The first-order chi connectivity index (χ1) is 9.65. The monoisotopic (exact) mass is 269 g/mol. The smallest absolute Gasteiger partial charge is 0.269 e. The van der Waals surface area contributed by atoms with Crippen LogP contribution in [-0.2, 0) is 6.54 Å². The fourth-order valence-electron chi connectivity index (χ4n) is 2.16. The molecule has 0 aliphatic rings. The highest BCUT2D eigenvalue weighted by Crippen LogP contribution is 2.16. The summed E-state index contributed by atoms with van der Waals surface area (Å²) in [5, 5.41) is 0. The summed E-state index contributed by atoms with van der Waals surface area (Å²) in [5.74, 6) is -0.391. The molecule has 3 aromatic rings. The maximum absolute atomic E-state index is 13.1. The van der Waals surface area contributed by atoms with Gasteiger partial charge < -0.3 is 10.3 Å². The number of rotatable bonds is 2. The van der Waals surface area contributed by atoms with Crippen LogP contribution in [-0.4, -0.2) is 9.55 Å². The minimum atomic E-state index is -0.391. The molecule has 0 aliphatic heterocycles. The van der Waals surface area contributed by atoms with Crippen LogP contribution < -0.4 is 11.3 Å². The van der Waals surface area contributed by atoms with E-state index in [0.717, 1.165) is 11.0 Å². The van der Waals surface area contributed by atoms with E-state index in [1.807, 2.05) is 24.3 Å². The molecule has 0 bridgehead atoms. The Morgan fingerprint density at radius 2 is 2.00 bits per heavy atom. The van der Waals surface area contributed by atoms with Crippen molar-refractivity contribution in [2.45, 2.75) is 6.54 Å². The van der Waals surface area contributed by atoms with Gasteiger partial charge in [-0.15, -0.1) is 0 Å². The highest BCUT2D eigenvalue weighted by Gasteiger charge is 2.07. The van der Waals surface area contributed by atoms with Crippen LogP contribution >= 0.6 is 0 Å². The molecule has 4 nitrogen and oxygen atoms in total. The molecular weight excluding hydrogens is 257 g/mol. The van der Waals surface area contributed by atoms with Gasteiger partial charge in [0.25, 0.3) is 5.56 Å². The fraction of sp³-hybridized carbons (Fsp3) is 0.0667. The molecule has 0 radical (unpaired) electrons. The van der Waals surface area contributed by atoms with Gasteiger partial charge in [-0.3, -0.25) is 4.79 Å². The number of benzene rings is 2. The maximum atomic E-state index is 13.1. The minimum absolute atomic E-state index is 0.215. The molecule has 2 N–H and O–H groups in total. The van der Waals surface area contributed by atoms with Crippen LogP contribution in [0.5, 0.6) is 0 Å². The van der Waals surface area contributed by atoms with Crippen molar-refractivity contribution in [2.75, 3.05) is 5.73 Å². The molecule has 20 heavy (non-hydrogen) atoms. The quantitative estimate of drug-likeness (QED) is 0.725. The van der Waals surface area contributed by atoms with Crippen molar-refractivity contribution in [3.8, 4) is 0 Å². The second-order valence-electron chi connectivity index (χ2n) is 4.51. The van der Waals surface area contributed by atoms with Crippen LogP contribution in [0.15, 0.2) is 53.5 Å². The summed E-state index contributed by atoms with van der Waals surface area (Å²) in [6, 6.07) is 11.5. The molecule has 2 aromatic carbocycles. The van der Waals surface area contributed by atoms with Crippen molar-refractivity contribution in [2.24, 2.45) is 0 Å². The van der Waals surface area contributed by atoms with Crippen LogP contribution in [0.25, 0.3) is 11.0 Å². The van der Waals surface area contributed by atoms with Gasteiger partial charge >= 0.3 is 0 Å². The first kappa shape index (κ1) is 12.3. The summed E-state index contributed by atoms with van der Waals surface area (Å²) in [6.45, 7) is 0.286. The average molecular weight is 269 g/mol. The van der Waals surface area contributed by atoms with E-state index in [-0.39, 0.29) is 12.1 Å². The standard InChI is InChI=1S/C15H12FN3O/c16-11-6-5-10(12(17)7-11)9-19-14-4-2-1-3-13(14)18-8-15(19)20/h1-8H,9,17H2. The third-order valence-electron chi connectivity index (χ3n) is 3.19. The Bertz CT molecular complexity index is 842. The van der Waals surface area contributed by atoms with Crippen molar-refractivity contribution in [3.63, 3.8) is 0 Å². The number of nitrogens with zero attached hydrogens (tertiary/aromatic N) is 2. The van der Waals surface area contributed by atoms with Crippen molar-refractivity contribution in [1.82, 2.24) is 9.55 Å². The van der Waals surface area contributed by atoms with Gasteiger partial charge in [-0.2, -0.15) is 0 Å². The Hall–Kier alpha value is -2.69. The summed E-state index contributed by atoms with van der Waals surface area (Å²) in [6.07, 6.45) is 1.28. The highest BCUT2D eigenvalue weighted by molar-refractivity contribution is 5.74. The van der Waals surface area contributed by atoms with Crippen molar-refractivity contribution in [1.29, 1.82) is 0 Å². The first-order valence-electron chi connectivity index (χ1n) is 6.13. The van der Waals surface area contributed by atoms with E-state index in [1.54, 1.807) is 10.6 Å². The van der Waals surface area contributed by atoms with E-state index in [4.69, 9.17) is 5.73 Å². The molecule has 1 aromatic heterocycles. The lowest BCUT2D eigenvalue weighted by Crippen LogP contribution is -2.21. The number of fused-ring (bicyclic) bond motifs is 1. The minimum Gasteiger partial charge on any atom is -0.398 e. The molecule has 1 heterocycles. The fourth-order valence-corrected chi connectivity index (χ4v) is 2.16. The third kappa shape index (κ3) is 2.14. The van der Waals surface area contributed by atoms with Gasteiger partial charge in [0, 0.05) is 5.69 Å². The molecule has 5 heteroatoms. The van der Waals surface area contributed by atoms with E-state index in [9.17, 15) is 9.18 Å². The second-order valence-corrected chi connectivity index (χ2v) is 4.51. The molecule has 0 fully saturated rings. The van der Waals surface area contributed by atoms with Crippen LogP contribution in [0.3, 0.4) is 0 Å². The second kappa shape index (κ2) is 4.77. The molecule has 0 saturated heterocycles. The lowest BCUT2D eigenvalue weighted by atomic mass is 10.1. The van der Waals surface area contributed by atoms with Crippen LogP contribution in [0.1, 0.15) is 5.56 Å². The first-order valence-corrected chi connectivity index (χ1v) is 6.13. The average Bonchev–Trinajstić information content (AvgIpc) is 2.44. The third-order valence-corrected chi connectivity index (χ3v) is 3.19. The lowest BCUT2D eigenvalue weighted by Gasteiger charge is -2.11. The Balaban J connectivity index is 2.15. The molecule has 0 saturated carbocycles. The van der Waals surface area contributed by atoms with Gasteiger partial charge in [0.2, 0.25) is 0 Å². The van der Waals surface area contributed by atoms with E-state index < -0.39 is 5.82 Å². The number of halogens is 1. The highest BCUT2D eigenvalue weighted by atomic mass is 19.1. The van der Waals surface area contributed by atoms with Crippen molar-refractivity contribution in [3.05, 3.63) is 70.4 Å². The van der Waals surface area contributed by atoms with E-state index in [0.29, 0.717) is 11.3 Å². The summed E-state index contributed by atoms with van der Waals surface area (Å²) in [7, 11) is 0. The summed E-state index contributed by atoms with van der Waals surface area (Å²) in [5.41, 5.74) is 8.06. The molecule has 0 atom stereocenters. The Morgan fingerprint density at radius 3 is 2.80 bits per heavy atom. The zero-order valence-electron chi connectivity index (χ0n) is 10.6. The number of para-hydroxylation sites is 2. The number of hydrogen-bond acceptors (Lipinski definition) is 3. The predicted molar refractivity (Wildman–Crippen MR) is 75.9 cm³/mol. The number of aromatic nitrogens is 2. The molecule has 3 rings (SSSR count). The van der Waals surface area contributed by atoms with Gasteiger partial charge in [-0.25, -0.2) is 9.37 Å². The van der Waals surface area contributed by atoms with E-state index >= 15 is 0 Å². The zero-order valence-corrected chi connectivity index (χ0v) is 10.6. The zero-order chi connectivity index (χ0) is 14.1. The molecular formula is C15H12FN3O. The molecule has 0 spiro atoms. The van der Waals surface area contributed by atoms with Crippen LogP contribution in [0, 0.1) is 5.82 Å². The number of anilines is 1. The van der Waals surface area contributed by atoms with E-state index in [2.05, 4.69) is 4.98 Å². The maximum Gasteiger partial charge on any atom is 0.269 e. The number of nitrogens with two attached hydrogens (primary N) is 1. The number of hydrogen-bond donors (Lipinski definition) is 1. The topological polar surface area (TPSA) is 60.9 Å². The summed E-state index contributed by atoms with van der Waals surface area (Å²) in [4.78, 5) is 16.1. The molecule has 100 valence electrons. The Labute approximate surface area is 114 Å². The van der Waals surface area contributed by atoms with E-state index in [1.165, 1.54) is 18.3 Å². The number of nitrogen functional groups attached to an aromatic ring is 1. The summed E-state index contributed by atoms with van der Waals surface area (Å²) >= 11 is 0. The van der Waals surface area contributed by atoms with Crippen LogP contribution in [0.4, 0.5) is 10.1 Å². The molecule has 0 unspecified atom stereocenters. The van der Waals surface area contributed by atoms with Crippen molar-refractivity contribution >= 4 is 16.7 Å². The molecule has 0 aliphatic carbocycles. The van der Waals surface area contributed by atoms with Gasteiger partial charge in [0.05, 0.1) is 23.8 Å². The summed E-state index contributed by atoms with van der Waals surface area (Å²) < 4.78 is 14.6. The predicted octanol–water partition coefficient (Wildman–Crippen LogP) is 2.17. The molecule has 0 amide bonds. The Kier molecular flexibility index (Phi) is 2.95. The lowest BCUT2D eigenvalue weighted by molar-refractivity contribution is 0.627. The van der Waals surface area contributed by atoms with Gasteiger partial charge in [-0.1, -0.05) is 18.2 Å². The SMILES string of the molecule is Nc1cc(F)ccc1Cn1c(=O)cnc2ccccc21. The van der Waals surface area contributed by atoms with Gasteiger partial charge in [0.1, 0.15) is 5.82 Å². The van der Waals surface area contributed by atoms with Gasteiger partial charge in [-0.05, 0) is 29.8 Å². The van der Waals surface area contributed by atoms with Gasteiger partial charge in [0.15, 0.2) is 0 Å². The van der Waals surface area contributed by atoms with Crippen molar-refractivity contribution < 1.29 is 4.39 Å². The van der Waals surface area contributed by atoms with Crippen LogP contribution in [0.2, 0.25) is 0 Å². The largest absolute Gasteiger partial charge is 0.398 e. The Morgan fingerprint density at radius 1 is 1.20 bits per heavy atom.